The van der Waals surface area contributed by atoms with Crippen LogP contribution in [-0.4, -0.2) is 0 Å². The van der Waals surface area contributed by atoms with Crippen LogP contribution in [0.4, 0.5) is 39.8 Å². The van der Waals surface area contributed by atoms with Gasteiger partial charge in [-0.2, -0.15) is 0 Å². The molecule has 0 bridgehead atoms. The van der Waals surface area contributed by atoms with Crippen LogP contribution in [0, 0.1) is 0 Å². The monoisotopic (exact) mass is 985 g/mol. The summed E-state index contributed by atoms with van der Waals surface area (Å²) in [6, 6.07) is 83.7. The Labute approximate surface area is 451 Å². The van der Waals surface area contributed by atoms with Crippen LogP contribution in [0.5, 0.6) is 0 Å². The highest BCUT2D eigenvalue weighted by atomic mass is 15.2. The van der Waals surface area contributed by atoms with Crippen molar-refractivity contribution in [3.8, 4) is 22.3 Å². The van der Waals surface area contributed by atoms with Gasteiger partial charge in [0.1, 0.15) is 0 Å². The largest absolute Gasteiger partial charge is 0.314 e. The van der Waals surface area contributed by atoms with E-state index in [0.717, 1.165) is 53.4 Å². The van der Waals surface area contributed by atoms with Crippen LogP contribution in [-0.2, 0) is 5.41 Å². The van der Waals surface area contributed by atoms with Crippen molar-refractivity contribution in [2.75, 3.05) is 14.7 Å². The van der Waals surface area contributed by atoms with E-state index in [1.54, 1.807) is 0 Å². The molecule has 0 fully saturated rings. The quantitative estimate of drug-likeness (QED) is 0.120. The molecule has 4 aliphatic rings. The molecule has 3 heteroatoms. The van der Waals surface area contributed by atoms with Gasteiger partial charge in [0.25, 0.3) is 0 Å². The van der Waals surface area contributed by atoms with Crippen LogP contribution in [0.2, 0.25) is 0 Å². The van der Waals surface area contributed by atoms with E-state index in [9.17, 15) is 0 Å². The van der Waals surface area contributed by atoms with Gasteiger partial charge in [-0.3, -0.25) is 0 Å². The molecule has 0 spiro atoms. The van der Waals surface area contributed by atoms with E-state index in [0.29, 0.717) is 0 Å². The Morgan fingerprint density at radius 1 is 0.532 bits per heavy atom. The van der Waals surface area contributed by atoms with Crippen molar-refractivity contribution in [1.29, 1.82) is 0 Å². The first kappa shape index (κ1) is 45.9. The van der Waals surface area contributed by atoms with Crippen molar-refractivity contribution < 1.29 is 0 Å². The van der Waals surface area contributed by atoms with E-state index >= 15 is 0 Å². The van der Waals surface area contributed by atoms with Gasteiger partial charge < -0.3 is 14.7 Å². The summed E-state index contributed by atoms with van der Waals surface area (Å²) in [6.07, 6.45) is 24.5. The number of allylic oxidation sites excluding steroid dienone is 12. The van der Waals surface area contributed by atoms with Crippen LogP contribution in [0.25, 0.3) is 43.8 Å². The van der Waals surface area contributed by atoms with Crippen molar-refractivity contribution in [2.24, 2.45) is 0 Å². The third-order valence-corrected chi connectivity index (χ3v) is 16.1. The lowest BCUT2D eigenvalue weighted by Gasteiger charge is -2.38. The van der Waals surface area contributed by atoms with Gasteiger partial charge in [-0.25, -0.2) is 0 Å². The minimum absolute atomic E-state index is 0.711. The molecule has 0 saturated carbocycles. The van der Waals surface area contributed by atoms with Gasteiger partial charge in [0.15, 0.2) is 0 Å². The summed E-state index contributed by atoms with van der Waals surface area (Å²) in [6.45, 7) is 4.11. The molecule has 3 aliphatic carbocycles. The van der Waals surface area contributed by atoms with E-state index in [2.05, 4.69) is 300 Å². The molecule has 0 unspecified atom stereocenters. The Balaban J connectivity index is 1.07. The van der Waals surface area contributed by atoms with Gasteiger partial charge in [0, 0.05) is 50.5 Å². The SMILES string of the molecule is C=C/C=C\C(=C1\C=CC=CC1)N(c1ccccc1)c1ccc2c(c1)C(c1ccccc1)(c1ccccc1)c1cc3c4c(cccc4c1-2)-c1cc(N(C2=CC=CCC2)c2cccc4ccccc24)ccc1N3c1ccccc1. The first-order valence-electron chi connectivity index (χ1n) is 26.9. The number of para-hydroxylation sites is 2. The second kappa shape index (κ2) is 19.2. The van der Waals surface area contributed by atoms with Crippen LogP contribution >= 0.6 is 0 Å². The zero-order chi connectivity index (χ0) is 51.3. The third-order valence-electron chi connectivity index (χ3n) is 16.1. The predicted octanol–water partition coefficient (Wildman–Crippen LogP) is 19.8. The smallest absolute Gasteiger partial charge is 0.0715 e. The molecule has 0 amide bonds. The molecule has 1 heterocycles. The molecule has 0 aromatic heterocycles. The topological polar surface area (TPSA) is 9.72 Å². The van der Waals surface area contributed by atoms with Crippen molar-refractivity contribution in [2.45, 2.75) is 24.7 Å². The standard InChI is InChI=1S/C74H55N3/c1-2-3-43-68(53-27-10-4-11-28-53)75(56-34-16-7-17-35-56)60-45-47-63-66(50-60)74(54-30-12-5-13-31-54,55-32-14-6-15-33-55)67-51-71-73-62(41-25-42-64(73)72(63)67)65-49-59(46-48-70(65)77(71)58-38-20-9-21-39-58)76(57-36-18-8-19-37-57)69-44-24-29-52-26-22-23-40-61(52)69/h2-18,20-27,29-36,38-51H,1,19,28,37H2/b43-3-,68-53+. The highest BCUT2D eigenvalue weighted by Gasteiger charge is 2.48. The molecular formula is C74H55N3. The van der Waals surface area contributed by atoms with Gasteiger partial charge in [0.05, 0.1) is 22.5 Å². The van der Waals surface area contributed by atoms with Crippen LogP contribution in [0.3, 0.4) is 0 Å². The molecule has 0 N–H and O–H groups in total. The number of hydrogen-bond acceptors (Lipinski definition) is 3. The van der Waals surface area contributed by atoms with Gasteiger partial charge in [0.2, 0.25) is 0 Å². The summed E-state index contributed by atoms with van der Waals surface area (Å²) in [5, 5.41) is 4.94. The fraction of sp³-hybridized carbons (Fsp3) is 0.0541. The van der Waals surface area contributed by atoms with Gasteiger partial charge >= 0.3 is 0 Å². The van der Waals surface area contributed by atoms with E-state index in [1.165, 1.54) is 88.7 Å². The van der Waals surface area contributed by atoms with E-state index < -0.39 is 5.41 Å². The lowest BCUT2D eigenvalue weighted by atomic mass is 9.67. The average molecular weight is 986 g/mol. The maximum atomic E-state index is 4.11. The Bertz CT molecular complexity index is 4090. The summed E-state index contributed by atoms with van der Waals surface area (Å²) in [7, 11) is 0. The predicted molar refractivity (Wildman–Crippen MR) is 325 cm³/mol. The number of rotatable bonds is 11. The number of benzene rings is 10. The molecule has 1 aliphatic heterocycles. The Morgan fingerprint density at radius 3 is 1.97 bits per heavy atom. The van der Waals surface area contributed by atoms with Gasteiger partial charge in [-0.05, 0) is 153 Å². The molecular weight excluding hydrogens is 931 g/mol. The van der Waals surface area contributed by atoms with Crippen LogP contribution < -0.4 is 14.7 Å². The Morgan fingerprint density at radius 2 is 1.23 bits per heavy atom. The normalized spacial score (nSPS) is 15.3. The highest BCUT2D eigenvalue weighted by molar-refractivity contribution is 6.20. The Kier molecular flexibility index (Phi) is 11.4. The van der Waals surface area contributed by atoms with Crippen molar-refractivity contribution >= 4 is 61.4 Å². The number of anilines is 7. The summed E-state index contributed by atoms with van der Waals surface area (Å²) < 4.78 is 0. The van der Waals surface area contributed by atoms with Gasteiger partial charge in [-0.15, -0.1) is 0 Å². The van der Waals surface area contributed by atoms with E-state index in [1.807, 2.05) is 6.08 Å². The second-order valence-electron chi connectivity index (χ2n) is 20.3. The van der Waals surface area contributed by atoms with E-state index in [-0.39, 0.29) is 0 Å². The minimum Gasteiger partial charge on any atom is -0.314 e. The molecule has 0 saturated heterocycles. The average Bonchev–Trinajstić information content (AvgIpc) is 4.05. The molecule has 366 valence electrons. The summed E-state index contributed by atoms with van der Waals surface area (Å²) in [5.74, 6) is 0. The molecule has 0 radical (unpaired) electrons. The molecule has 3 nitrogen and oxygen atoms in total. The van der Waals surface area contributed by atoms with Crippen molar-refractivity contribution in [3.63, 3.8) is 0 Å². The number of nitrogens with zero attached hydrogens (tertiary/aromatic N) is 3. The summed E-state index contributed by atoms with van der Waals surface area (Å²) in [5.41, 5.74) is 20.7. The van der Waals surface area contributed by atoms with Crippen molar-refractivity contribution in [1.82, 2.24) is 0 Å². The number of fused-ring (bicyclic) bond motifs is 7. The minimum atomic E-state index is -0.711. The third kappa shape index (κ3) is 7.49. The molecule has 0 atom stereocenters. The lowest BCUT2D eigenvalue weighted by molar-refractivity contribution is 0.769. The first-order valence-corrected chi connectivity index (χ1v) is 26.9. The van der Waals surface area contributed by atoms with Crippen molar-refractivity contribution in [3.05, 3.63) is 331 Å². The molecule has 10 aromatic rings. The maximum Gasteiger partial charge on any atom is 0.0715 e. The fourth-order valence-electron chi connectivity index (χ4n) is 12.8. The zero-order valence-electron chi connectivity index (χ0n) is 42.8. The zero-order valence-corrected chi connectivity index (χ0v) is 42.8. The van der Waals surface area contributed by atoms with Crippen LogP contribution in [0.15, 0.2) is 309 Å². The van der Waals surface area contributed by atoms with E-state index in [4.69, 9.17) is 0 Å². The maximum absolute atomic E-state index is 4.11. The summed E-state index contributed by atoms with van der Waals surface area (Å²) in [4.78, 5) is 7.47. The number of hydrogen-bond donors (Lipinski definition) is 0. The molecule has 77 heavy (non-hydrogen) atoms. The molecule has 10 aromatic carbocycles. The first-order chi connectivity index (χ1) is 38.2. The lowest BCUT2D eigenvalue weighted by Crippen LogP contribution is -2.29. The molecule has 14 rings (SSSR count). The Hall–Kier alpha value is -9.70. The van der Waals surface area contributed by atoms with Gasteiger partial charge in [-0.1, -0.05) is 213 Å². The second-order valence-corrected chi connectivity index (χ2v) is 20.3. The fourth-order valence-corrected chi connectivity index (χ4v) is 12.8. The van der Waals surface area contributed by atoms with Crippen LogP contribution in [0.1, 0.15) is 41.5 Å². The summed E-state index contributed by atoms with van der Waals surface area (Å²) >= 11 is 0. The highest BCUT2D eigenvalue weighted by Crippen LogP contribution is 2.63.